The number of sulfonamides is 1. The van der Waals surface area contributed by atoms with Crippen molar-refractivity contribution in [1.82, 2.24) is 5.16 Å². The molecule has 0 fully saturated rings. The fourth-order valence-electron chi connectivity index (χ4n) is 3.01. The molecule has 0 radical (unpaired) electrons. The Bertz CT molecular complexity index is 1340. The number of aryl methyl sites for hydroxylation is 1. The molecule has 10 nitrogen and oxygen atoms in total. The van der Waals surface area contributed by atoms with Gasteiger partial charge in [0.1, 0.15) is 22.0 Å². The summed E-state index contributed by atoms with van der Waals surface area (Å²) in [5, 5.41) is 6.49. The Morgan fingerprint density at radius 3 is 2.38 bits per heavy atom. The van der Waals surface area contributed by atoms with Crippen LogP contribution in [0.15, 0.2) is 51.9 Å². The van der Waals surface area contributed by atoms with E-state index >= 15 is 0 Å². The molecule has 0 saturated carbocycles. The third-order valence-corrected chi connectivity index (χ3v) is 6.06. The minimum absolute atomic E-state index is 0.0926. The van der Waals surface area contributed by atoms with Crippen LogP contribution >= 0.6 is 0 Å². The Balaban J connectivity index is 1.90. The van der Waals surface area contributed by atoms with Crippen LogP contribution in [0.5, 0.6) is 5.75 Å². The van der Waals surface area contributed by atoms with Gasteiger partial charge in [-0.25, -0.2) is 13.2 Å². The van der Waals surface area contributed by atoms with Crippen molar-refractivity contribution in [3.8, 4) is 5.75 Å². The van der Waals surface area contributed by atoms with Gasteiger partial charge in [0, 0.05) is 12.6 Å². The molecular weight excluding hydrogens is 462 g/mol. The first-order valence-electron chi connectivity index (χ1n) is 9.95. The van der Waals surface area contributed by atoms with Crippen LogP contribution < -0.4 is 14.8 Å². The van der Waals surface area contributed by atoms with Crippen LogP contribution in [0.25, 0.3) is 12.2 Å². The molecule has 2 N–H and O–H groups in total. The minimum Gasteiger partial charge on any atom is -0.495 e. The highest BCUT2D eigenvalue weighted by Crippen LogP contribution is 2.29. The number of nitrogens with zero attached hydrogens (tertiary/aromatic N) is 1. The average molecular weight is 486 g/mol. The number of hydrogen-bond acceptors (Lipinski definition) is 8. The molecule has 0 aliphatic carbocycles. The normalized spacial score (nSPS) is 11.3. The van der Waals surface area contributed by atoms with Gasteiger partial charge in [0.2, 0.25) is 5.91 Å². The van der Waals surface area contributed by atoms with E-state index in [1.54, 1.807) is 25.1 Å². The van der Waals surface area contributed by atoms with E-state index in [4.69, 9.17) is 9.26 Å². The standard InChI is InChI=1S/C23H23N3O7S/c1-14-22(24-15(2)27)20(33-25-14)12-6-16-5-11-19(31-3)21(13-16)34(29,30)26-18-9-7-17(8-10-18)23(28)32-4/h5-13,26H,1-4H3,(H,24,27). The number of carbonyl (C=O) groups is 2. The zero-order valence-corrected chi connectivity index (χ0v) is 19.7. The van der Waals surface area contributed by atoms with Gasteiger partial charge in [-0.15, -0.1) is 0 Å². The van der Waals surface area contributed by atoms with E-state index in [-0.39, 0.29) is 27.8 Å². The zero-order valence-electron chi connectivity index (χ0n) is 18.9. The average Bonchev–Trinajstić information content (AvgIpc) is 3.15. The third-order valence-electron chi connectivity index (χ3n) is 4.65. The quantitative estimate of drug-likeness (QED) is 0.461. The monoisotopic (exact) mass is 485 g/mol. The maximum Gasteiger partial charge on any atom is 0.337 e. The lowest BCUT2D eigenvalue weighted by molar-refractivity contribution is -0.114. The Kier molecular flexibility index (Phi) is 7.37. The number of amides is 1. The number of anilines is 2. The summed E-state index contributed by atoms with van der Waals surface area (Å²) in [4.78, 5) is 22.9. The summed E-state index contributed by atoms with van der Waals surface area (Å²) in [5.41, 5.74) is 2.02. The van der Waals surface area contributed by atoms with E-state index in [1.165, 1.54) is 57.5 Å². The fourth-order valence-corrected chi connectivity index (χ4v) is 4.27. The van der Waals surface area contributed by atoms with Gasteiger partial charge >= 0.3 is 5.97 Å². The van der Waals surface area contributed by atoms with Crippen LogP contribution in [0.4, 0.5) is 11.4 Å². The summed E-state index contributed by atoms with van der Waals surface area (Å²) in [6.07, 6.45) is 3.19. The number of methoxy groups -OCH3 is 2. The lowest BCUT2D eigenvalue weighted by atomic mass is 10.2. The summed E-state index contributed by atoms with van der Waals surface area (Å²) in [6, 6.07) is 10.4. The van der Waals surface area contributed by atoms with Gasteiger partial charge in [0.05, 0.1) is 19.8 Å². The first kappa shape index (κ1) is 24.5. The number of rotatable bonds is 8. The lowest BCUT2D eigenvalue weighted by Gasteiger charge is -2.12. The summed E-state index contributed by atoms with van der Waals surface area (Å²) in [6.45, 7) is 3.06. The molecule has 3 rings (SSSR count). The van der Waals surface area contributed by atoms with Crippen LogP contribution in [0.3, 0.4) is 0 Å². The van der Waals surface area contributed by atoms with Crippen molar-refractivity contribution in [1.29, 1.82) is 0 Å². The molecule has 0 bridgehead atoms. The summed E-state index contributed by atoms with van der Waals surface area (Å²) >= 11 is 0. The van der Waals surface area contributed by atoms with E-state index in [9.17, 15) is 18.0 Å². The van der Waals surface area contributed by atoms with Gasteiger partial charge in [-0.2, -0.15) is 0 Å². The van der Waals surface area contributed by atoms with E-state index in [0.29, 0.717) is 22.7 Å². The smallest absolute Gasteiger partial charge is 0.337 e. The van der Waals surface area contributed by atoms with Crippen LogP contribution in [-0.2, 0) is 19.6 Å². The molecule has 0 atom stereocenters. The van der Waals surface area contributed by atoms with E-state index in [2.05, 4.69) is 19.9 Å². The van der Waals surface area contributed by atoms with Gasteiger partial charge in [0.25, 0.3) is 10.0 Å². The molecule has 1 heterocycles. The summed E-state index contributed by atoms with van der Waals surface area (Å²) in [7, 11) is -1.41. The molecule has 11 heteroatoms. The molecule has 1 amide bonds. The molecule has 2 aromatic carbocycles. The first-order chi connectivity index (χ1) is 16.1. The molecule has 178 valence electrons. The maximum absolute atomic E-state index is 13.1. The zero-order chi connectivity index (χ0) is 24.9. The largest absolute Gasteiger partial charge is 0.495 e. The molecule has 1 aromatic heterocycles. The Morgan fingerprint density at radius 2 is 1.76 bits per heavy atom. The van der Waals surface area contributed by atoms with E-state index in [1.807, 2.05) is 0 Å². The Hall–Kier alpha value is -4.12. The number of hydrogen-bond donors (Lipinski definition) is 2. The number of esters is 1. The number of aromatic nitrogens is 1. The van der Waals surface area contributed by atoms with Gasteiger partial charge in [-0.1, -0.05) is 17.3 Å². The number of benzene rings is 2. The second kappa shape index (κ2) is 10.2. The molecule has 3 aromatic rings. The fraction of sp³-hybridized carbons (Fsp3) is 0.174. The second-order valence-electron chi connectivity index (χ2n) is 7.11. The van der Waals surface area contributed by atoms with Crippen molar-refractivity contribution in [3.05, 3.63) is 65.0 Å². The van der Waals surface area contributed by atoms with Crippen LogP contribution in [0.1, 0.15) is 34.3 Å². The molecule has 34 heavy (non-hydrogen) atoms. The van der Waals surface area contributed by atoms with Gasteiger partial charge in [-0.3, -0.25) is 9.52 Å². The molecular formula is C23H23N3O7S. The first-order valence-corrected chi connectivity index (χ1v) is 11.4. The van der Waals surface area contributed by atoms with Crippen molar-refractivity contribution in [3.63, 3.8) is 0 Å². The van der Waals surface area contributed by atoms with Crippen molar-refractivity contribution < 1.29 is 32.0 Å². The number of nitrogens with one attached hydrogen (secondary N) is 2. The molecule has 0 aliphatic heterocycles. The highest BCUT2D eigenvalue weighted by Gasteiger charge is 2.21. The van der Waals surface area contributed by atoms with Gasteiger partial charge in [0.15, 0.2) is 5.76 Å². The van der Waals surface area contributed by atoms with Crippen molar-refractivity contribution >= 4 is 45.4 Å². The van der Waals surface area contributed by atoms with Gasteiger partial charge < -0.3 is 19.3 Å². The number of carbonyl (C=O) groups excluding carboxylic acids is 2. The van der Waals surface area contributed by atoms with Gasteiger partial charge in [-0.05, 0) is 55.0 Å². The summed E-state index contributed by atoms with van der Waals surface area (Å²) < 4.78 is 43.7. The summed E-state index contributed by atoms with van der Waals surface area (Å²) in [5.74, 6) is -0.342. The highest BCUT2D eigenvalue weighted by atomic mass is 32.2. The van der Waals surface area contributed by atoms with Crippen molar-refractivity contribution in [2.24, 2.45) is 0 Å². The van der Waals surface area contributed by atoms with Crippen LogP contribution in [-0.4, -0.2) is 39.7 Å². The highest BCUT2D eigenvalue weighted by molar-refractivity contribution is 7.92. The van der Waals surface area contributed by atoms with E-state index in [0.717, 1.165) is 0 Å². The van der Waals surface area contributed by atoms with Crippen LogP contribution in [0, 0.1) is 6.92 Å². The second-order valence-corrected chi connectivity index (χ2v) is 8.76. The van der Waals surface area contributed by atoms with E-state index < -0.39 is 16.0 Å². The van der Waals surface area contributed by atoms with Crippen LogP contribution in [0.2, 0.25) is 0 Å². The molecule has 0 saturated heterocycles. The SMILES string of the molecule is COC(=O)c1ccc(NS(=O)(=O)c2cc(C=Cc3onc(C)c3NC(C)=O)ccc2OC)cc1. The predicted octanol–water partition coefficient (Wildman–Crippen LogP) is 3.71. The minimum atomic E-state index is -4.04. The predicted molar refractivity (Wildman–Crippen MR) is 126 cm³/mol. The lowest BCUT2D eigenvalue weighted by Crippen LogP contribution is -2.14. The molecule has 0 aliphatic rings. The molecule has 0 unspecified atom stereocenters. The Labute approximate surface area is 196 Å². The molecule has 0 spiro atoms. The Morgan fingerprint density at radius 1 is 1.06 bits per heavy atom. The topological polar surface area (TPSA) is 137 Å². The van der Waals surface area contributed by atoms with Crippen molar-refractivity contribution in [2.75, 3.05) is 24.3 Å². The van der Waals surface area contributed by atoms with Crippen molar-refractivity contribution in [2.45, 2.75) is 18.7 Å². The maximum atomic E-state index is 13.1. The number of ether oxygens (including phenoxy) is 2. The third kappa shape index (κ3) is 5.62.